The van der Waals surface area contributed by atoms with Gasteiger partial charge in [0.05, 0.1) is 18.7 Å². The SMILES string of the molecule is COc1ccc(Br)c(OC)c1.[MgH2]. The van der Waals surface area contributed by atoms with Gasteiger partial charge in [0.1, 0.15) is 11.5 Å². The van der Waals surface area contributed by atoms with E-state index >= 15 is 0 Å². The van der Waals surface area contributed by atoms with Crippen LogP contribution < -0.4 is 9.47 Å². The molecule has 0 bridgehead atoms. The third-order valence-electron chi connectivity index (χ3n) is 1.36. The third kappa shape index (κ3) is 2.84. The van der Waals surface area contributed by atoms with E-state index in [4.69, 9.17) is 9.47 Å². The topological polar surface area (TPSA) is 18.5 Å². The van der Waals surface area contributed by atoms with Crippen LogP contribution in [0.2, 0.25) is 0 Å². The Morgan fingerprint density at radius 2 is 1.83 bits per heavy atom. The van der Waals surface area contributed by atoms with Crippen molar-refractivity contribution < 1.29 is 9.47 Å². The van der Waals surface area contributed by atoms with Crippen LogP contribution in [-0.4, -0.2) is 37.3 Å². The van der Waals surface area contributed by atoms with Crippen molar-refractivity contribution in [3.63, 3.8) is 0 Å². The first-order chi connectivity index (χ1) is 5.27. The average Bonchev–Trinajstić information content (AvgIpc) is 2.05. The van der Waals surface area contributed by atoms with Gasteiger partial charge in [0.25, 0.3) is 0 Å². The fourth-order valence-corrected chi connectivity index (χ4v) is 1.18. The zero-order valence-electron chi connectivity index (χ0n) is 6.43. The summed E-state index contributed by atoms with van der Waals surface area (Å²) in [5, 5.41) is 0. The minimum absolute atomic E-state index is 0. The zero-order valence-corrected chi connectivity index (χ0v) is 8.01. The quantitative estimate of drug-likeness (QED) is 0.734. The monoisotopic (exact) mass is 242 g/mol. The van der Waals surface area contributed by atoms with Crippen LogP contribution in [0.1, 0.15) is 0 Å². The van der Waals surface area contributed by atoms with Crippen LogP contribution in [0.3, 0.4) is 0 Å². The Balaban J connectivity index is 0.00000121. The van der Waals surface area contributed by atoms with Gasteiger partial charge in [-0.1, -0.05) is 0 Å². The van der Waals surface area contributed by atoms with Gasteiger partial charge in [-0.05, 0) is 28.1 Å². The van der Waals surface area contributed by atoms with E-state index < -0.39 is 0 Å². The van der Waals surface area contributed by atoms with E-state index in [1.165, 1.54) is 0 Å². The molecule has 0 aliphatic heterocycles. The van der Waals surface area contributed by atoms with E-state index in [-0.39, 0.29) is 23.1 Å². The summed E-state index contributed by atoms with van der Waals surface area (Å²) in [6.07, 6.45) is 0. The summed E-state index contributed by atoms with van der Waals surface area (Å²) in [5.41, 5.74) is 0. The van der Waals surface area contributed by atoms with Crippen LogP contribution >= 0.6 is 15.9 Å². The molecule has 0 aliphatic rings. The summed E-state index contributed by atoms with van der Waals surface area (Å²) in [5.74, 6) is 1.58. The minimum Gasteiger partial charge on any atom is -0.497 e. The van der Waals surface area contributed by atoms with Gasteiger partial charge >= 0.3 is 23.1 Å². The van der Waals surface area contributed by atoms with Crippen molar-refractivity contribution in [2.45, 2.75) is 0 Å². The molecular weight excluding hydrogens is 232 g/mol. The number of halogens is 1. The lowest BCUT2D eigenvalue weighted by Gasteiger charge is -2.04. The van der Waals surface area contributed by atoms with Gasteiger partial charge in [0, 0.05) is 6.07 Å². The number of rotatable bonds is 2. The van der Waals surface area contributed by atoms with Gasteiger partial charge in [-0.3, -0.25) is 0 Å². The number of hydrogen-bond donors (Lipinski definition) is 0. The van der Waals surface area contributed by atoms with Crippen molar-refractivity contribution in [3.8, 4) is 11.5 Å². The molecule has 2 nitrogen and oxygen atoms in total. The highest BCUT2D eigenvalue weighted by Gasteiger charge is 1.99. The smallest absolute Gasteiger partial charge is 0.316 e. The maximum atomic E-state index is 5.06. The van der Waals surface area contributed by atoms with E-state index in [1.807, 2.05) is 18.2 Å². The summed E-state index contributed by atoms with van der Waals surface area (Å²) in [6, 6.07) is 5.58. The highest BCUT2D eigenvalue weighted by Crippen LogP contribution is 2.28. The molecule has 0 spiro atoms. The average molecular weight is 243 g/mol. The molecule has 1 aromatic carbocycles. The third-order valence-corrected chi connectivity index (χ3v) is 2.01. The second-order valence-corrected chi connectivity index (χ2v) is 2.85. The molecule has 0 amide bonds. The molecule has 0 atom stereocenters. The molecule has 4 heteroatoms. The van der Waals surface area contributed by atoms with Gasteiger partial charge in [0.2, 0.25) is 0 Å². The lowest BCUT2D eigenvalue weighted by molar-refractivity contribution is 0.392. The molecule has 0 aromatic heterocycles. The molecule has 64 valence electrons. The molecule has 0 N–H and O–H groups in total. The molecule has 1 rings (SSSR count). The lowest BCUT2D eigenvalue weighted by Crippen LogP contribution is -1.86. The van der Waals surface area contributed by atoms with E-state index in [0.29, 0.717) is 0 Å². The highest BCUT2D eigenvalue weighted by molar-refractivity contribution is 9.10. The predicted octanol–water partition coefficient (Wildman–Crippen LogP) is 1.55. The first-order valence-electron chi connectivity index (χ1n) is 3.15. The number of hydrogen-bond acceptors (Lipinski definition) is 2. The van der Waals surface area contributed by atoms with Crippen molar-refractivity contribution in [1.82, 2.24) is 0 Å². The van der Waals surface area contributed by atoms with Gasteiger partial charge in [-0.15, -0.1) is 0 Å². The van der Waals surface area contributed by atoms with Gasteiger partial charge < -0.3 is 9.47 Å². The zero-order chi connectivity index (χ0) is 8.27. The van der Waals surface area contributed by atoms with Crippen molar-refractivity contribution in [1.29, 1.82) is 0 Å². The van der Waals surface area contributed by atoms with Crippen LogP contribution in [-0.2, 0) is 0 Å². The van der Waals surface area contributed by atoms with Crippen molar-refractivity contribution in [3.05, 3.63) is 22.7 Å². The van der Waals surface area contributed by atoms with Gasteiger partial charge in [0.15, 0.2) is 0 Å². The first-order valence-corrected chi connectivity index (χ1v) is 3.94. The Kier molecular flexibility index (Phi) is 5.70. The lowest BCUT2D eigenvalue weighted by atomic mass is 10.3. The molecule has 0 heterocycles. The van der Waals surface area contributed by atoms with E-state index in [2.05, 4.69) is 15.9 Å². The van der Waals surface area contributed by atoms with Crippen LogP contribution in [0.4, 0.5) is 0 Å². The summed E-state index contributed by atoms with van der Waals surface area (Å²) in [4.78, 5) is 0. The molecule has 0 aliphatic carbocycles. The minimum atomic E-state index is 0. The molecule has 12 heavy (non-hydrogen) atoms. The molecular formula is C8H11BrMgO2. The van der Waals surface area contributed by atoms with Crippen LogP contribution in [0.5, 0.6) is 11.5 Å². The summed E-state index contributed by atoms with van der Waals surface area (Å²) >= 11 is 3.34. The molecule has 0 radical (unpaired) electrons. The standard InChI is InChI=1S/C8H9BrO2.Mg.2H/c1-10-6-3-4-7(9)8(5-6)11-2;;;/h3-5H,1-2H3;;;. The fraction of sp³-hybridized carbons (Fsp3) is 0.250. The Bertz CT molecular complexity index is 253. The van der Waals surface area contributed by atoms with E-state index in [1.54, 1.807) is 14.2 Å². The normalized spacial score (nSPS) is 8.58. The van der Waals surface area contributed by atoms with E-state index in [0.717, 1.165) is 16.0 Å². The van der Waals surface area contributed by atoms with Gasteiger partial charge in [-0.25, -0.2) is 0 Å². The number of methoxy groups -OCH3 is 2. The maximum Gasteiger partial charge on any atom is 0.316 e. The van der Waals surface area contributed by atoms with Crippen LogP contribution in [0, 0.1) is 0 Å². The fourth-order valence-electron chi connectivity index (χ4n) is 0.767. The second kappa shape index (κ2) is 5.67. The van der Waals surface area contributed by atoms with E-state index in [9.17, 15) is 0 Å². The Morgan fingerprint density at radius 3 is 2.33 bits per heavy atom. The number of benzene rings is 1. The summed E-state index contributed by atoms with van der Waals surface area (Å²) in [7, 11) is 3.25. The second-order valence-electron chi connectivity index (χ2n) is 2.00. The molecule has 0 unspecified atom stereocenters. The predicted molar refractivity (Wildman–Crippen MR) is 55.8 cm³/mol. The van der Waals surface area contributed by atoms with Crippen molar-refractivity contribution in [2.24, 2.45) is 0 Å². The molecule has 0 saturated carbocycles. The summed E-state index contributed by atoms with van der Waals surface area (Å²) < 4.78 is 11.0. The Morgan fingerprint density at radius 1 is 1.17 bits per heavy atom. The van der Waals surface area contributed by atoms with Crippen molar-refractivity contribution >= 4 is 39.0 Å². The molecule has 0 fully saturated rings. The molecule has 1 aromatic rings. The molecule has 0 saturated heterocycles. The van der Waals surface area contributed by atoms with Crippen LogP contribution in [0.15, 0.2) is 22.7 Å². The summed E-state index contributed by atoms with van der Waals surface area (Å²) in [6.45, 7) is 0. The maximum absolute atomic E-state index is 5.06. The first kappa shape index (κ1) is 12.1. The van der Waals surface area contributed by atoms with Crippen LogP contribution in [0.25, 0.3) is 0 Å². The largest absolute Gasteiger partial charge is 0.497 e. The van der Waals surface area contributed by atoms with Gasteiger partial charge in [-0.2, -0.15) is 0 Å². The highest BCUT2D eigenvalue weighted by atomic mass is 79.9. The van der Waals surface area contributed by atoms with Crippen molar-refractivity contribution in [2.75, 3.05) is 14.2 Å². The Labute approximate surface area is 96.5 Å². The Hall–Kier alpha value is 0.0662. The number of ether oxygens (including phenoxy) is 2.